The average molecular weight is 406 g/mol. The second-order valence-corrected chi connectivity index (χ2v) is 8.32. The van der Waals surface area contributed by atoms with Gasteiger partial charge in [-0.1, -0.05) is 59.0 Å². The Balaban J connectivity index is 1.44. The largest absolute Gasteiger partial charge is 0.333 e. The zero-order chi connectivity index (χ0) is 19.1. The van der Waals surface area contributed by atoms with Crippen molar-refractivity contribution in [1.82, 2.24) is 24.6 Å². The standard InChI is InChI=1S/C20H15N5OS2/c1-12-5-4-6-13(9-12)18-24-25-17(26)10-14(21-20(25)28-18)11-27-19-22-15-7-2-3-8-16(15)23-19/h2-10H,11H2,1H3,(H,22,23). The number of fused-ring (bicyclic) bond motifs is 2. The van der Waals surface area contributed by atoms with Crippen LogP contribution in [0, 0.1) is 6.92 Å². The molecule has 1 N–H and O–H groups in total. The van der Waals surface area contributed by atoms with Crippen LogP contribution in [0.4, 0.5) is 0 Å². The van der Waals surface area contributed by atoms with E-state index in [1.165, 1.54) is 27.6 Å². The molecule has 0 aliphatic carbocycles. The third kappa shape index (κ3) is 3.21. The number of rotatable bonds is 4. The number of H-pyrrole nitrogens is 1. The van der Waals surface area contributed by atoms with Gasteiger partial charge in [0, 0.05) is 17.4 Å². The number of nitrogens with zero attached hydrogens (tertiary/aromatic N) is 4. The van der Waals surface area contributed by atoms with Gasteiger partial charge in [-0.15, -0.1) is 0 Å². The van der Waals surface area contributed by atoms with Crippen molar-refractivity contribution in [3.63, 3.8) is 0 Å². The fourth-order valence-corrected chi connectivity index (χ4v) is 4.66. The van der Waals surface area contributed by atoms with Gasteiger partial charge in [-0.3, -0.25) is 4.79 Å². The molecular weight excluding hydrogens is 390 g/mol. The van der Waals surface area contributed by atoms with Gasteiger partial charge < -0.3 is 4.98 Å². The molecule has 0 bridgehead atoms. The summed E-state index contributed by atoms with van der Waals surface area (Å²) in [5.74, 6) is 0.559. The van der Waals surface area contributed by atoms with Crippen LogP contribution in [0.5, 0.6) is 0 Å². The molecule has 0 amide bonds. The summed E-state index contributed by atoms with van der Waals surface area (Å²) < 4.78 is 1.37. The van der Waals surface area contributed by atoms with Crippen molar-refractivity contribution in [2.45, 2.75) is 17.8 Å². The molecule has 28 heavy (non-hydrogen) atoms. The maximum atomic E-state index is 12.5. The molecule has 0 fully saturated rings. The Bertz CT molecular complexity index is 1340. The Kier molecular flexibility index (Phi) is 4.22. The van der Waals surface area contributed by atoms with Crippen LogP contribution in [0.25, 0.3) is 26.6 Å². The lowest BCUT2D eigenvalue weighted by Crippen LogP contribution is -2.15. The molecule has 0 spiro atoms. The van der Waals surface area contributed by atoms with Gasteiger partial charge in [0.15, 0.2) is 5.16 Å². The second kappa shape index (κ2) is 6.88. The number of hydrogen-bond acceptors (Lipinski definition) is 6. The first-order chi connectivity index (χ1) is 13.7. The van der Waals surface area contributed by atoms with Crippen LogP contribution < -0.4 is 5.56 Å². The van der Waals surface area contributed by atoms with E-state index in [0.29, 0.717) is 10.7 Å². The predicted molar refractivity (Wildman–Crippen MR) is 113 cm³/mol. The molecule has 0 unspecified atom stereocenters. The Hall–Kier alpha value is -2.97. The number of aryl methyl sites for hydroxylation is 1. The smallest absolute Gasteiger partial charge is 0.275 e. The van der Waals surface area contributed by atoms with E-state index in [2.05, 4.69) is 26.1 Å². The summed E-state index contributed by atoms with van der Waals surface area (Å²) in [5.41, 5.74) is 4.63. The van der Waals surface area contributed by atoms with E-state index in [0.717, 1.165) is 38.0 Å². The SMILES string of the molecule is Cc1cccc(-c2nn3c(=O)cc(CSc4nc5ccccc5[nH]4)nc3s2)c1. The molecule has 5 aromatic rings. The lowest BCUT2D eigenvalue weighted by molar-refractivity contribution is 0.891. The van der Waals surface area contributed by atoms with Gasteiger partial charge in [0.1, 0.15) is 5.01 Å². The van der Waals surface area contributed by atoms with Crippen LogP contribution in [0.3, 0.4) is 0 Å². The lowest BCUT2D eigenvalue weighted by Gasteiger charge is -1.98. The predicted octanol–water partition coefficient (Wildman–Crippen LogP) is 4.30. The van der Waals surface area contributed by atoms with Gasteiger partial charge in [-0.2, -0.15) is 9.61 Å². The van der Waals surface area contributed by atoms with Gasteiger partial charge in [0.2, 0.25) is 4.96 Å². The number of nitrogens with one attached hydrogen (secondary N) is 1. The molecule has 3 aromatic heterocycles. The molecule has 0 aliphatic rings. The van der Waals surface area contributed by atoms with Crippen molar-refractivity contribution in [1.29, 1.82) is 0 Å². The molecule has 6 nitrogen and oxygen atoms in total. The van der Waals surface area contributed by atoms with Gasteiger partial charge >= 0.3 is 0 Å². The minimum absolute atomic E-state index is 0.166. The minimum Gasteiger partial charge on any atom is -0.333 e. The Morgan fingerprint density at radius 3 is 2.86 bits per heavy atom. The molecule has 8 heteroatoms. The quantitative estimate of drug-likeness (QED) is 0.451. The maximum absolute atomic E-state index is 12.5. The fourth-order valence-electron chi connectivity index (χ4n) is 2.96. The molecule has 3 heterocycles. The molecule has 0 aliphatic heterocycles. The Morgan fingerprint density at radius 1 is 1.11 bits per heavy atom. The Morgan fingerprint density at radius 2 is 2.00 bits per heavy atom. The van der Waals surface area contributed by atoms with E-state index < -0.39 is 0 Å². The normalized spacial score (nSPS) is 11.5. The second-order valence-electron chi connectivity index (χ2n) is 6.40. The van der Waals surface area contributed by atoms with E-state index in [4.69, 9.17) is 0 Å². The van der Waals surface area contributed by atoms with Crippen molar-refractivity contribution < 1.29 is 0 Å². The van der Waals surface area contributed by atoms with Crippen molar-refractivity contribution in [2.75, 3.05) is 0 Å². The fraction of sp³-hybridized carbons (Fsp3) is 0.100. The van der Waals surface area contributed by atoms with Crippen molar-refractivity contribution >= 4 is 39.1 Å². The molecule has 0 saturated heterocycles. The number of thioether (sulfide) groups is 1. The molecule has 0 radical (unpaired) electrons. The van der Waals surface area contributed by atoms with E-state index in [-0.39, 0.29) is 5.56 Å². The summed E-state index contributed by atoms with van der Waals surface area (Å²) in [5, 5.41) is 6.05. The summed E-state index contributed by atoms with van der Waals surface area (Å²) in [4.78, 5) is 25.6. The van der Waals surface area contributed by atoms with Crippen LogP contribution in [0.1, 0.15) is 11.3 Å². The number of para-hydroxylation sites is 2. The third-order valence-electron chi connectivity index (χ3n) is 4.29. The first-order valence-electron chi connectivity index (χ1n) is 8.70. The first kappa shape index (κ1) is 17.2. The number of hydrogen-bond donors (Lipinski definition) is 1. The van der Waals surface area contributed by atoms with Gasteiger partial charge in [0.05, 0.1) is 16.7 Å². The molecule has 0 atom stereocenters. The van der Waals surface area contributed by atoms with Crippen LogP contribution in [0.15, 0.2) is 64.5 Å². The summed E-state index contributed by atoms with van der Waals surface area (Å²) in [6.45, 7) is 2.04. The lowest BCUT2D eigenvalue weighted by atomic mass is 10.1. The van der Waals surface area contributed by atoms with Crippen molar-refractivity contribution in [2.24, 2.45) is 0 Å². The summed E-state index contributed by atoms with van der Waals surface area (Å²) in [7, 11) is 0. The zero-order valence-electron chi connectivity index (χ0n) is 14.9. The van der Waals surface area contributed by atoms with Gasteiger partial charge in [-0.05, 0) is 25.1 Å². The number of benzene rings is 2. The molecule has 5 rings (SSSR count). The van der Waals surface area contributed by atoms with Crippen LogP contribution in [0.2, 0.25) is 0 Å². The van der Waals surface area contributed by atoms with Crippen LogP contribution in [-0.4, -0.2) is 24.6 Å². The summed E-state index contributed by atoms with van der Waals surface area (Å²) in [6.07, 6.45) is 0. The van der Waals surface area contributed by atoms with Gasteiger partial charge in [0.25, 0.3) is 5.56 Å². The highest BCUT2D eigenvalue weighted by atomic mass is 32.2. The van der Waals surface area contributed by atoms with E-state index in [9.17, 15) is 4.79 Å². The van der Waals surface area contributed by atoms with Crippen LogP contribution in [-0.2, 0) is 5.75 Å². The van der Waals surface area contributed by atoms with Crippen molar-refractivity contribution in [3.8, 4) is 10.6 Å². The summed E-state index contributed by atoms with van der Waals surface area (Å²) >= 11 is 2.95. The molecular formula is C20H15N5OS2. The number of aromatic nitrogens is 5. The number of imidazole rings is 1. The van der Waals surface area contributed by atoms with E-state index in [1.807, 2.05) is 49.4 Å². The minimum atomic E-state index is -0.166. The molecule has 2 aromatic carbocycles. The number of aromatic amines is 1. The topological polar surface area (TPSA) is 75.9 Å². The third-order valence-corrected chi connectivity index (χ3v) is 6.15. The summed E-state index contributed by atoms with van der Waals surface area (Å²) in [6, 6.07) is 17.5. The van der Waals surface area contributed by atoms with E-state index in [1.54, 1.807) is 6.07 Å². The highest BCUT2D eigenvalue weighted by Gasteiger charge is 2.12. The monoisotopic (exact) mass is 405 g/mol. The average Bonchev–Trinajstić information content (AvgIpc) is 3.30. The highest BCUT2D eigenvalue weighted by molar-refractivity contribution is 7.98. The molecule has 138 valence electrons. The first-order valence-corrected chi connectivity index (χ1v) is 10.5. The maximum Gasteiger partial charge on any atom is 0.275 e. The molecule has 0 saturated carbocycles. The Labute approximate surface area is 168 Å². The zero-order valence-corrected chi connectivity index (χ0v) is 16.5. The van der Waals surface area contributed by atoms with E-state index >= 15 is 0 Å². The van der Waals surface area contributed by atoms with Crippen molar-refractivity contribution in [3.05, 3.63) is 76.2 Å². The highest BCUT2D eigenvalue weighted by Crippen LogP contribution is 2.26. The van der Waals surface area contributed by atoms with Crippen LogP contribution >= 0.6 is 23.1 Å². The van der Waals surface area contributed by atoms with Gasteiger partial charge in [-0.25, -0.2) is 9.97 Å².